The van der Waals surface area contributed by atoms with Gasteiger partial charge in [0.2, 0.25) is 5.91 Å². The van der Waals surface area contributed by atoms with Gasteiger partial charge in [0.05, 0.1) is 10.6 Å². The van der Waals surface area contributed by atoms with Crippen molar-refractivity contribution in [2.75, 3.05) is 5.32 Å². The number of hydrogen-bond acceptors (Lipinski definition) is 5. The van der Waals surface area contributed by atoms with Gasteiger partial charge < -0.3 is 5.32 Å². The number of rotatable bonds is 6. The number of aromatic nitrogens is 2. The van der Waals surface area contributed by atoms with Gasteiger partial charge in [-0.05, 0) is 45.0 Å². The Hall–Kier alpha value is -3.13. The van der Waals surface area contributed by atoms with Gasteiger partial charge in [0, 0.05) is 33.8 Å². The van der Waals surface area contributed by atoms with Crippen molar-refractivity contribution < 1.29 is 9.72 Å². The van der Waals surface area contributed by atoms with Crippen LogP contribution in [0.2, 0.25) is 0 Å². The average Bonchev–Trinajstić information content (AvgIpc) is 3.09. The monoisotopic (exact) mass is 396 g/mol. The topological polar surface area (TPSA) is 90.1 Å². The Kier molecular flexibility index (Phi) is 5.79. The number of aryl methyl sites for hydroxylation is 2. The van der Waals surface area contributed by atoms with E-state index in [-0.39, 0.29) is 11.6 Å². The van der Waals surface area contributed by atoms with Gasteiger partial charge in [0.25, 0.3) is 5.69 Å². The number of nitrogens with one attached hydrogen (secondary N) is 1. The van der Waals surface area contributed by atoms with Gasteiger partial charge in [0.15, 0.2) is 0 Å². The van der Waals surface area contributed by atoms with Gasteiger partial charge in [-0.1, -0.05) is 29.5 Å². The average molecular weight is 396 g/mol. The largest absolute Gasteiger partial charge is 0.324 e. The fourth-order valence-corrected chi connectivity index (χ4v) is 3.49. The Morgan fingerprint density at radius 2 is 1.86 bits per heavy atom. The molecule has 0 saturated carbocycles. The zero-order chi connectivity index (χ0) is 20.3. The quantitative estimate of drug-likeness (QED) is 0.479. The molecule has 0 radical (unpaired) electrons. The molecular formula is C20H20N4O3S. The summed E-state index contributed by atoms with van der Waals surface area (Å²) in [6.45, 7) is 5.56. The van der Waals surface area contributed by atoms with Crippen LogP contribution in [0.5, 0.6) is 0 Å². The molecule has 1 unspecified atom stereocenters. The summed E-state index contributed by atoms with van der Waals surface area (Å²) >= 11 is 1.40. The van der Waals surface area contributed by atoms with Crippen molar-refractivity contribution in [3.63, 3.8) is 0 Å². The molecule has 0 aliphatic rings. The summed E-state index contributed by atoms with van der Waals surface area (Å²) in [6.07, 6.45) is 1.73. The minimum absolute atomic E-state index is 0.0741. The molecule has 0 aliphatic carbocycles. The van der Waals surface area contributed by atoms with E-state index in [2.05, 4.69) is 10.4 Å². The second-order valence-electron chi connectivity index (χ2n) is 6.49. The van der Waals surface area contributed by atoms with E-state index >= 15 is 0 Å². The highest BCUT2D eigenvalue weighted by atomic mass is 32.2. The lowest BCUT2D eigenvalue weighted by atomic mass is 10.2. The summed E-state index contributed by atoms with van der Waals surface area (Å²) in [4.78, 5) is 25.1. The second kappa shape index (κ2) is 8.26. The van der Waals surface area contributed by atoms with Crippen LogP contribution in [0.25, 0.3) is 0 Å². The van der Waals surface area contributed by atoms with Crippen molar-refractivity contribution in [2.24, 2.45) is 0 Å². The molecular weight excluding hydrogens is 376 g/mol. The fraction of sp³-hybridized carbons (Fsp3) is 0.200. The summed E-state index contributed by atoms with van der Waals surface area (Å²) in [6, 6.07) is 13.7. The fourth-order valence-electron chi connectivity index (χ4n) is 2.58. The Bertz CT molecular complexity index is 1010. The SMILES string of the molecule is Cc1ccc(Sc2cc(NC(=O)C(C)n3ccc(C)n3)cc([N+](=O)[O-])c2)cc1. The first kappa shape index (κ1) is 19.6. The normalized spacial score (nSPS) is 11.8. The van der Waals surface area contributed by atoms with E-state index in [0.717, 1.165) is 16.2 Å². The van der Waals surface area contributed by atoms with Crippen LogP contribution < -0.4 is 5.32 Å². The highest BCUT2D eigenvalue weighted by Gasteiger charge is 2.18. The zero-order valence-electron chi connectivity index (χ0n) is 15.7. The van der Waals surface area contributed by atoms with Gasteiger partial charge in [-0.25, -0.2) is 0 Å². The standard InChI is InChI=1S/C20H20N4O3S/c1-13-4-6-18(7-5-13)28-19-11-16(10-17(12-19)24(26)27)21-20(25)15(3)23-9-8-14(2)22-23/h4-12,15H,1-3H3,(H,21,25). The number of nitrogens with zero attached hydrogens (tertiary/aromatic N) is 3. The van der Waals surface area contributed by atoms with E-state index in [1.165, 1.54) is 23.9 Å². The summed E-state index contributed by atoms with van der Waals surface area (Å²) in [5.74, 6) is -0.296. The maximum atomic E-state index is 12.6. The predicted octanol–water partition coefficient (Wildman–Crippen LogP) is 4.76. The smallest absolute Gasteiger partial charge is 0.272 e. The molecule has 0 aliphatic heterocycles. The highest BCUT2D eigenvalue weighted by molar-refractivity contribution is 7.99. The van der Waals surface area contributed by atoms with E-state index in [4.69, 9.17) is 0 Å². The molecule has 0 fully saturated rings. The Labute approximate surface area is 166 Å². The minimum Gasteiger partial charge on any atom is -0.324 e. The molecule has 2 aromatic carbocycles. The van der Waals surface area contributed by atoms with Gasteiger partial charge in [-0.15, -0.1) is 0 Å². The third kappa shape index (κ3) is 4.77. The van der Waals surface area contributed by atoms with Crippen LogP contribution >= 0.6 is 11.8 Å². The van der Waals surface area contributed by atoms with Gasteiger partial charge in [-0.2, -0.15) is 5.10 Å². The molecule has 1 atom stereocenters. The minimum atomic E-state index is -0.541. The third-order valence-corrected chi connectivity index (χ3v) is 5.12. The van der Waals surface area contributed by atoms with Crippen LogP contribution in [0.15, 0.2) is 64.5 Å². The van der Waals surface area contributed by atoms with Crippen LogP contribution in [0.1, 0.15) is 24.2 Å². The first-order valence-corrected chi connectivity index (χ1v) is 9.50. The van der Waals surface area contributed by atoms with Gasteiger partial charge >= 0.3 is 0 Å². The van der Waals surface area contributed by atoms with Crippen molar-refractivity contribution in [3.8, 4) is 0 Å². The number of carbonyl (C=O) groups is 1. The van der Waals surface area contributed by atoms with Gasteiger partial charge in [-0.3, -0.25) is 19.6 Å². The second-order valence-corrected chi connectivity index (χ2v) is 7.64. The number of non-ortho nitro benzene ring substituents is 1. The summed E-state index contributed by atoms with van der Waals surface area (Å²) in [5, 5.41) is 18.3. The first-order chi connectivity index (χ1) is 13.3. The third-order valence-electron chi connectivity index (χ3n) is 4.14. The predicted molar refractivity (Wildman–Crippen MR) is 109 cm³/mol. The number of benzene rings is 2. The number of carbonyl (C=O) groups excluding carboxylic acids is 1. The highest BCUT2D eigenvalue weighted by Crippen LogP contribution is 2.33. The molecule has 0 bridgehead atoms. The summed E-state index contributed by atoms with van der Waals surface area (Å²) in [7, 11) is 0. The van der Waals surface area contributed by atoms with Crippen LogP contribution in [-0.4, -0.2) is 20.6 Å². The lowest BCUT2D eigenvalue weighted by molar-refractivity contribution is -0.385. The molecule has 1 amide bonds. The van der Waals surface area contributed by atoms with Crippen LogP contribution in [-0.2, 0) is 4.79 Å². The lowest BCUT2D eigenvalue weighted by Crippen LogP contribution is -2.24. The van der Waals surface area contributed by atoms with Crippen LogP contribution in [0, 0.1) is 24.0 Å². The molecule has 144 valence electrons. The molecule has 3 rings (SSSR count). The molecule has 0 spiro atoms. The first-order valence-electron chi connectivity index (χ1n) is 8.68. The van der Waals surface area contributed by atoms with Crippen molar-refractivity contribution >= 4 is 29.0 Å². The summed E-state index contributed by atoms with van der Waals surface area (Å²) in [5.41, 5.74) is 2.26. The van der Waals surface area contributed by atoms with Crippen molar-refractivity contribution in [1.29, 1.82) is 0 Å². The lowest BCUT2D eigenvalue weighted by Gasteiger charge is -2.13. The number of nitro groups is 1. The van der Waals surface area contributed by atoms with Gasteiger partial charge in [0.1, 0.15) is 6.04 Å². The number of amides is 1. The Balaban J connectivity index is 1.83. The number of nitro benzene ring substituents is 1. The zero-order valence-corrected chi connectivity index (χ0v) is 16.6. The van der Waals surface area contributed by atoms with Crippen LogP contribution in [0.4, 0.5) is 11.4 Å². The summed E-state index contributed by atoms with van der Waals surface area (Å²) < 4.78 is 1.56. The number of hydrogen-bond donors (Lipinski definition) is 1. The maximum absolute atomic E-state index is 12.6. The molecule has 8 heteroatoms. The molecule has 1 N–H and O–H groups in total. The molecule has 1 heterocycles. The van der Waals surface area contributed by atoms with E-state index in [0.29, 0.717) is 10.6 Å². The molecule has 3 aromatic rings. The van der Waals surface area contributed by atoms with Crippen LogP contribution in [0.3, 0.4) is 0 Å². The molecule has 0 saturated heterocycles. The molecule has 7 nitrogen and oxygen atoms in total. The van der Waals surface area contributed by atoms with Crippen molar-refractivity contribution in [3.05, 3.63) is 76.1 Å². The maximum Gasteiger partial charge on any atom is 0.272 e. The molecule has 28 heavy (non-hydrogen) atoms. The van der Waals surface area contributed by atoms with E-state index < -0.39 is 11.0 Å². The number of anilines is 1. The Morgan fingerprint density at radius 1 is 1.14 bits per heavy atom. The van der Waals surface area contributed by atoms with E-state index in [1.807, 2.05) is 44.2 Å². The Morgan fingerprint density at radius 3 is 2.46 bits per heavy atom. The van der Waals surface area contributed by atoms with Crippen molar-refractivity contribution in [2.45, 2.75) is 36.6 Å². The van der Waals surface area contributed by atoms with E-state index in [1.54, 1.807) is 23.9 Å². The van der Waals surface area contributed by atoms with E-state index in [9.17, 15) is 14.9 Å². The van der Waals surface area contributed by atoms with Crippen molar-refractivity contribution in [1.82, 2.24) is 9.78 Å². The molecule has 1 aromatic heterocycles.